The maximum absolute atomic E-state index is 12.9. The molecule has 1 rings (SSSR count). The molecule has 0 N–H and O–H groups in total. The second kappa shape index (κ2) is 32.5. The van der Waals surface area contributed by atoms with E-state index in [1.165, 1.54) is 102 Å². The van der Waals surface area contributed by atoms with Gasteiger partial charge in [0.2, 0.25) is 0 Å². The van der Waals surface area contributed by atoms with Gasteiger partial charge in [-0.2, -0.15) is 0 Å². The largest absolute Gasteiger partial charge is 1.00 e. The van der Waals surface area contributed by atoms with Gasteiger partial charge < -0.3 is 14.0 Å². The third-order valence-electron chi connectivity index (χ3n) is 8.52. The van der Waals surface area contributed by atoms with E-state index in [0.29, 0.717) is 12.8 Å². The summed E-state index contributed by atoms with van der Waals surface area (Å²) in [5.41, 5.74) is -0.785. The minimum atomic E-state index is -5.01. The molecule has 0 saturated carbocycles. The van der Waals surface area contributed by atoms with E-state index < -0.39 is 32.5 Å². The molecule has 274 valence electrons. The van der Waals surface area contributed by atoms with Crippen LogP contribution in [0.25, 0.3) is 0 Å². The van der Waals surface area contributed by atoms with Crippen LogP contribution in [0.2, 0.25) is 0 Å². The Balaban J connectivity index is 0.0000230. The third kappa shape index (κ3) is 25.2. The molecule has 0 unspecified atom stereocenters. The average molecular weight is 713 g/mol. The van der Waals surface area contributed by atoms with E-state index in [4.69, 9.17) is 9.47 Å². The van der Waals surface area contributed by atoms with E-state index in [1.807, 2.05) is 0 Å². The van der Waals surface area contributed by atoms with Crippen molar-refractivity contribution >= 4 is 22.1 Å². The van der Waals surface area contributed by atoms with Crippen LogP contribution >= 0.6 is 0 Å². The molecule has 0 radical (unpaired) electrons. The molecule has 0 aliphatic carbocycles. The molecule has 0 aromatic heterocycles. The summed E-state index contributed by atoms with van der Waals surface area (Å²) in [6.45, 7) is 4.56. The number of hydrogen-bond acceptors (Lipinski definition) is 7. The van der Waals surface area contributed by atoms with Crippen LogP contribution < -0.4 is 29.6 Å². The van der Waals surface area contributed by atoms with E-state index >= 15 is 0 Å². The smallest absolute Gasteiger partial charge is 0.744 e. The van der Waals surface area contributed by atoms with Crippen molar-refractivity contribution in [2.45, 2.75) is 173 Å². The van der Waals surface area contributed by atoms with Gasteiger partial charge in [0, 0.05) is 0 Å². The maximum atomic E-state index is 12.9. The Morgan fingerprint density at radius 3 is 1.33 bits per heavy atom. The molecule has 0 fully saturated rings. The van der Waals surface area contributed by atoms with Crippen LogP contribution in [0, 0.1) is 0 Å². The van der Waals surface area contributed by atoms with Crippen LogP contribution in [-0.2, 0) is 19.6 Å². The summed E-state index contributed by atoms with van der Waals surface area (Å²) in [6, 6.07) is 3.61. The summed E-state index contributed by atoms with van der Waals surface area (Å²) in [6.07, 6.45) is 36.1. The van der Waals surface area contributed by atoms with Crippen molar-refractivity contribution in [2.24, 2.45) is 0 Å². The topological polar surface area (TPSA) is 110 Å². The molecule has 49 heavy (non-hydrogen) atoms. The SMILES string of the molecule is CC/C=C/CCCCCCCCCCCCOC(=O)c1cccc(S(=O)(=O)[O-])c1C(=O)OCCCCCCCCCCCC/C=C/CC.[Na+]. The van der Waals surface area contributed by atoms with Crippen molar-refractivity contribution in [3.63, 3.8) is 0 Å². The zero-order chi connectivity index (χ0) is 35.1. The van der Waals surface area contributed by atoms with Gasteiger partial charge in [0.1, 0.15) is 10.1 Å². The first kappa shape index (κ1) is 47.5. The number of allylic oxidation sites excluding steroid dienone is 4. The molecule has 0 atom stereocenters. The van der Waals surface area contributed by atoms with Crippen LogP contribution in [-0.4, -0.2) is 38.1 Å². The number of hydrogen-bond donors (Lipinski definition) is 0. The van der Waals surface area contributed by atoms with Gasteiger partial charge in [0.25, 0.3) is 0 Å². The zero-order valence-electron chi connectivity index (χ0n) is 31.2. The predicted molar refractivity (Wildman–Crippen MR) is 195 cm³/mol. The number of rotatable bonds is 31. The van der Waals surface area contributed by atoms with Crippen molar-refractivity contribution in [3.05, 3.63) is 53.6 Å². The van der Waals surface area contributed by atoms with Crippen LogP contribution in [0.1, 0.15) is 189 Å². The van der Waals surface area contributed by atoms with Crippen LogP contribution in [0.4, 0.5) is 0 Å². The third-order valence-corrected chi connectivity index (χ3v) is 9.40. The Hall–Kier alpha value is -1.45. The van der Waals surface area contributed by atoms with Gasteiger partial charge in [-0.05, 0) is 63.5 Å². The molecule has 1 aromatic carbocycles. The summed E-state index contributed by atoms with van der Waals surface area (Å²) in [5.74, 6) is -1.82. The number of unbranched alkanes of at least 4 members (excludes halogenated alkanes) is 20. The van der Waals surface area contributed by atoms with E-state index in [-0.39, 0.29) is 48.3 Å². The van der Waals surface area contributed by atoms with Crippen molar-refractivity contribution in [1.82, 2.24) is 0 Å². The van der Waals surface area contributed by atoms with E-state index in [0.717, 1.165) is 57.4 Å². The average Bonchev–Trinajstić information content (AvgIpc) is 3.07. The second-order valence-corrected chi connectivity index (χ2v) is 14.2. The summed E-state index contributed by atoms with van der Waals surface area (Å²) in [7, 11) is -5.01. The Kier molecular flexibility index (Phi) is 31.5. The first-order valence-corrected chi connectivity index (χ1v) is 20.5. The van der Waals surface area contributed by atoms with Gasteiger partial charge in [-0.15, -0.1) is 0 Å². The minimum absolute atomic E-state index is 0. The molecule has 9 heteroatoms. The van der Waals surface area contributed by atoms with Crippen molar-refractivity contribution in [2.75, 3.05) is 13.2 Å². The molecule has 0 saturated heterocycles. The Morgan fingerprint density at radius 1 is 0.571 bits per heavy atom. The summed E-state index contributed by atoms with van der Waals surface area (Å²) >= 11 is 0. The normalized spacial score (nSPS) is 11.7. The molecule has 0 spiro atoms. The summed E-state index contributed by atoms with van der Waals surface area (Å²) in [4.78, 5) is 25.1. The van der Waals surface area contributed by atoms with Crippen molar-refractivity contribution in [1.29, 1.82) is 0 Å². The quantitative estimate of drug-likeness (QED) is 0.0250. The molecule has 0 bridgehead atoms. The summed E-state index contributed by atoms with van der Waals surface area (Å²) in [5, 5.41) is 0. The fraction of sp³-hybridized carbons (Fsp3) is 0.700. The number of esters is 2. The number of ether oxygens (including phenoxy) is 2. The standard InChI is InChI=1S/C40H66O7S.Na/c1-3-5-7-9-11-13-15-17-19-21-23-25-27-29-34-46-39(41)36-32-31-33-37(48(43,44)45)38(36)40(42)47-35-30-28-26-24-22-20-18-16-14-12-10-8-6-4-2;/h5-8,31-33H,3-4,9-30,34-35H2,1-2H3,(H,43,44,45);/q;+1/p-1/b7-5+,8-6+;. The monoisotopic (exact) mass is 712 g/mol. The predicted octanol–water partition coefficient (Wildman–Crippen LogP) is 8.42. The van der Waals surface area contributed by atoms with E-state index in [1.54, 1.807) is 0 Å². The molecule has 7 nitrogen and oxygen atoms in total. The van der Waals surface area contributed by atoms with Gasteiger partial charge in [0.05, 0.1) is 29.2 Å². The zero-order valence-corrected chi connectivity index (χ0v) is 34.0. The van der Waals surface area contributed by atoms with Crippen LogP contribution in [0.5, 0.6) is 0 Å². The molecule has 0 aliphatic heterocycles. The Morgan fingerprint density at radius 2 is 0.939 bits per heavy atom. The Bertz CT molecular complexity index is 1150. The molecular formula is C40H65NaO7S. The second-order valence-electron chi connectivity index (χ2n) is 12.8. The molecule has 1 aromatic rings. The van der Waals surface area contributed by atoms with E-state index in [9.17, 15) is 22.6 Å². The van der Waals surface area contributed by atoms with Gasteiger partial charge in [-0.25, -0.2) is 18.0 Å². The van der Waals surface area contributed by atoms with Crippen molar-refractivity contribution < 1.29 is 61.6 Å². The van der Waals surface area contributed by atoms with Gasteiger partial charge in [-0.1, -0.05) is 147 Å². The van der Waals surface area contributed by atoms with Gasteiger partial charge in [0.15, 0.2) is 0 Å². The number of benzene rings is 1. The molecule has 0 heterocycles. The van der Waals surface area contributed by atoms with Crippen LogP contribution in [0.15, 0.2) is 47.4 Å². The van der Waals surface area contributed by atoms with Crippen LogP contribution in [0.3, 0.4) is 0 Å². The minimum Gasteiger partial charge on any atom is -0.744 e. The molecule has 0 amide bonds. The number of carbonyl (C=O) groups excluding carboxylic acids is 2. The first-order chi connectivity index (χ1) is 23.3. The number of carbonyl (C=O) groups is 2. The fourth-order valence-corrected chi connectivity index (χ4v) is 6.41. The van der Waals surface area contributed by atoms with Gasteiger partial charge >= 0.3 is 41.5 Å². The molecular weight excluding hydrogens is 647 g/mol. The first-order valence-electron chi connectivity index (χ1n) is 19.1. The van der Waals surface area contributed by atoms with Crippen molar-refractivity contribution in [3.8, 4) is 0 Å². The fourth-order valence-electron chi connectivity index (χ4n) is 5.73. The Labute approximate surface area is 321 Å². The van der Waals surface area contributed by atoms with E-state index in [2.05, 4.69) is 38.2 Å². The molecule has 0 aliphatic rings. The summed E-state index contributed by atoms with van der Waals surface area (Å²) < 4.78 is 46.5. The van der Waals surface area contributed by atoms with Gasteiger partial charge in [-0.3, -0.25) is 0 Å². The maximum Gasteiger partial charge on any atom is 1.00 e.